The van der Waals surface area contributed by atoms with E-state index in [0.29, 0.717) is 12.6 Å². The number of carbonyl (C=O) groups excluding carboxylic acids is 1. The second kappa shape index (κ2) is 7.11. The Balaban J connectivity index is 1.85. The van der Waals surface area contributed by atoms with Crippen LogP contribution in [0, 0.1) is 0 Å². The first-order chi connectivity index (χ1) is 10.0. The Morgan fingerprint density at radius 1 is 1.38 bits per heavy atom. The fourth-order valence-electron chi connectivity index (χ4n) is 3.63. The van der Waals surface area contributed by atoms with E-state index < -0.39 is 5.97 Å². The SMILES string of the molecule is CCN(C(=O)NC1CCN2CCCC2C1)C(C)CC(=O)O. The maximum absolute atomic E-state index is 12.4. The lowest BCUT2D eigenvalue weighted by Crippen LogP contribution is -2.52. The van der Waals surface area contributed by atoms with Crippen LogP contribution in [0.2, 0.25) is 0 Å². The van der Waals surface area contributed by atoms with Crippen molar-refractivity contribution in [3.63, 3.8) is 0 Å². The molecule has 2 saturated heterocycles. The van der Waals surface area contributed by atoms with E-state index in [-0.39, 0.29) is 24.5 Å². The van der Waals surface area contributed by atoms with Crippen molar-refractivity contribution in [2.24, 2.45) is 0 Å². The highest BCUT2D eigenvalue weighted by atomic mass is 16.4. The molecule has 2 heterocycles. The Hall–Kier alpha value is -1.30. The fraction of sp³-hybridized carbons (Fsp3) is 0.867. The van der Waals surface area contributed by atoms with E-state index in [1.165, 1.54) is 19.4 Å². The van der Waals surface area contributed by atoms with Crippen molar-refractivity contribution in [2.45, 2.75) is 64.1 Å². The average molecular weight is 297 g/mol. The zero-order valence-corrected chi connectivity index (χ0v) is 13.0. The number of carboxylic acid groups (broad SMARTS) is 1. The number of rotatable bonds is 5. The average Bonchev–Trinajstić information content (AvgIpc) is 2.85. The second-order valence-electron chi connectivity index (χ2n) is 6.24. The highest BCUT2D eigenvalue weighted by Gasteiger charge is 2.33. The van der Waals surface area contributed by atoms with Crippen LogP contribution < -0.4 is 5.32 Å². The van der Waals surface area contributed by atoms with Crippen LogP contribution in [0.5, 0.6) is 0 Å². The van der Waals surface area contributed by atoms with Crippen LogP contribution in [-0.2, 0) is 4.79 Å². The largest absolute Gasteiger partial charge is 0.481 e. The summed E-state index contributed by atoms with van der Waals surface area (Å²) in [6.45, 7) is 6.46. The van der Waals surface area contributed by atoms with Crippen LogP contribution >= 0.6 is 0 Å². The molecule has 0 spiro atoms. The molecule has 0 aromatic heterocycles. The molecule has 0 radical (unpaired) electrons. The molecule has 21 heavy (non-hydrogen) atoms. The quantitative estimate of drug-likeness (QED) is 0.807. The highest BCUT2D eigenvalue weighted by Crippen LogP contribution is 2.26. The van der Waals surface area contributed by atoms with Crippen LogP contribution in [0.15, 0.2) is 0 Å². The number of fused-ring (bicyclic) bond motifs is 1. The number of hydrogen-bond acceptors (Lipinski definition) is 3. The molecule has 3 unspecified atom stereocenters. The van der Waals surface area contributed by atoms with E-state index in [0.717, 1.165) is 19.4 Å². The fourth-order valence-corrected chi connectivity index (χ4v) is 3.63. The Morgan fingerprint density at radius 3 is 2.81 bits per heavy atom. The molecule has 2 fully saturated rings. The summed E-state index contributed by atoms with van der Waals surface area (Å²) in [7, 11) is 0. The number of nitrogens with one attached hydrogen (secondary N) is 1. The van der Waals surface area contributed by atoms with Gasteiger partial charge in [-0.25, -0.2) is 4.79 Å². The van der Waals surface area contributed by atoms with Gasteiger partial charge in [-0.15, -0.1) is 0 Å². The van der Waals surface area contributed by atoms with Crippen LogP contribution in [0.25, 0.3) is 0 Å². The molecule has 6 nitrogen and oxygen atoms in total. The topological polar surface area (TPSA) is 72.9 Å². The summed E-state index contributed by atoms with van der Waals surface area (Å²) in [5, 5.41) is 12.0. The molecule has 6 heteroatoms. The number of hydrogen-bond donors (Lipinski definition) is 2. The minimum Gasteiger partial charge on any atom is -0.481 e. The van der Waals surface area contributed by atoms with E-state index in [1.807, 2.05) is 6.92 Å². The Kier molecular flexibility index (Phi) is 5.45. The maximum Gasteiger partial charge on any atom is 0.317 e. The van der Waals surface area contributed by atoms with Crippen LogP contribution in [0.1, 0.15) is 46.0 Å². The molecule has 120 valence electrons. The van der Waals surface area contributed by atoms with E-state index in [2.05, 4.69) is 10.2 Å². The highest BCUT2D eigenvalue weighted by molar-refractivity contribution is 5.76. The number of urea groups is 1. The molecule has 0 bridgehead atoms. The smallest absolute Gasteiger partial charge is 0.317 e. The summed E-state index contributed by atoms with van der Waals surface area (Å²) in [4.78, 5) is 27.3. The van der Waals surface area contributed by atoms with Crippen molar-refractivity contribution < 1.29 is 14.7 Å². The molecule has 0 aliphatic carbocycles. The number of nitrogens with zero attached hydrogens (tertiary/aromatic N) is 2. The van der Waals surface area contributed by atoms with Crippen LogP contribution in [0.4, 0.5) is 4.79 Å². The molecular weight excluding hydrogens is 270 g/mol. The molecule has 2 aliphatic heterocycles. The van der Waals surface area contributed by atoms with Crippen molar-refractivity contribution in [1.82, 2.24) is 15.1 Å². The van der Waals surface area contributed by atoms with Crippen LogP contribution in [0.3, 0.4) is 0 Å². The lowest BCUT2D eigenvalue weighted by molar-refractivity contribution is -0.138. The van der Waals surface area contributed by atoms with Gasteiger partial charge >= 0.3 is 12.0 Å². The zero-order valence-electron chi connectivity index (χ0n) is 13.0. The molecule has 2 N–H and O–H groups in total. The van der Waals surface area contributed by atoms with Gasteiger partial charge in [0.2, 0.25) is 0 Å². The number of aliphatic carboxylic acids is 1. The first-order valence-electron chi connectivity index (χ1n) is 8.04. The summed E-state index contributed by atoms with van der Waals surface area (Å²) in [5.41, 5.74) is 0. The van der Waals surface area contributed by atoms with Gasteiger partial charge in [0, 0.05) is 31.2 Å². The van der Waals surface area contributed by atoms with Gasteiger partial charge in [0.05, 0.1) is 6.42 Å². The molecule has 2 amide bonds. The molecular formula is C15H27N3O3. The van der Waals surface area contributed by atoms with E-state index in [9.17, 15) is 9.59 Å². The third-order valence-electron chi connectivity index (χ3n) is 4.75. The van der Waals surface area contributed by atoms with Crippen molar-refractivity contribution >= 4 is 12.0 Å². The van der Waals surface area contributed by atoms with E-state index in [4.69, 9.17) is 5.11 Å². The summed E-state index contributed by atoms with van der Waals surface area (Å²) in [6, 6.07) is 0.445. The second-order valence-corrected chi connectivity index (χ2v) is 6.24. The van der Waals surface area contributed by atoms with Crippen molar-refractivity contribution in [2.75, 3.05) is 19.6 Å². The maximum atomic E-state index is 12.4. The summed E-state index contributed by atoms with van der Waals surface area (Å²) < 4.78 is 0. The lowest BCUT2D eigenvalue weighted by atomic mass is 9.98. The third kappa shape index (κ3) is 4.09. The number of carbonyl (C=O) groups is 2. The summed E-state index contributed by atoms with van der Waals surface area (Å²) in [5.74, 6) is -0.868. The number of carboxylic acids is 1. The molecule has 3 atom stereocenters. The predicted molar refractivity (Wildman–Crippen MR) is 80.2 cm³/mol. The zero-order chi connectivity index (χ0) is 15.4. The van der Waals surface area contributed by atoms with Crippen LogP contribution in [-0.4, -0.2) is 64.7 Å². The number of piperidine rings is 1. The Bertz CT molecular complexity index is 388. The Labute approximate surface area is 126 Å². The first-order valence-corrected chi connectivity index (χ1v) is 8.04. The van der Waals surface area contributed by atoms with Gasteiger partial charge in [-0.05, 0) is 46.1 Å². The van der Waals surface area contributed by atoms with Gasteiger partial charge in [-0.3, -0.25) is 4.79 Å². The molecule has 2 rings (SSSR count). The monoisotopic (exact) mass is 297 g/mol. The normalized spacial score (nSPS) is 27.0. The molecule has 0 aromatic rings. The lowest BCUT2D eigenvalue weighted by Gasteiger charge is -2.37. The van der Waals surface area contributed by atoms with Crippen molar-refractivity contribution in [3.8, 4) is 0 Å². The van der Waals surface area contributed by atoms with Gasteiger partial charge in [0.1, 0.15) is 0 Å². The predicted octanol–water partition coefficient (Wildman–Crippen LogP) is 1.51. The van der Waals surface area contributed by atoms with Gasteiger partial charge < -0.3 is 20.2 Å². The van der Waals surface area contributed by atoms with Gasteiger partial charge in [-0.1, -0.05) is 0 Å². The standard InChI is InChI=1S/C15H27N3O3/c1-3-18(11(2)9-14(19)20)15(21)16-12-6-8-17-7-4-5-13(17)10-12/h11-13H,3-10H2,1-2H3,(H,16,21)(H,19,20). The van der Waals surface area contributed by atoms with Gasteiger partial charge in [0.25, 0.3) is 0 Å². The van der Waals surface area contributed by atoms with Gasteiger partial charge in [-0.2, -0.15) is 0 Å². The minimum absolute atomic E-state index is 0.0116. The van der Waals surface area contributed by atoms with E-state index in [1.54, 1.807) is 11.8 Å². The molecule has 2 aliphatic rings. The summed E-state index contributed by atoms with van der Waals surface area (Å²) in [6.07, 6.45) is 4.51. The summed E-state index contributed by atoms with van der Waals surface area (Å²) >= 11 is 0. The van der Waals surface area contributed by atoms with Gasteiger partial charge in [0.15, 0.2) is 0 Å². The molecule has 0 aromatic carbocycles. The van der Waals surface area contributed by atoms with Crippen molar-refractivity contribution in [1.29, 1.82) is 0 Å². The Morgan fingerprint density at radius 2 is 2.14 bits per heavy atom. The van der Waals surface area contributed by atoms with E-state index >= 15 is 0 Å². The first kappa shape index (κ1) is 16.1. The third-order valence-corrected chi connectivity index (χ3v) is 4.75. The van der Waals surface area contributed by atoms with Crippen molar-refractivity contribution in [3.05, 3.63) is 0 Å². The minimum atomic E-state index is -0.868. The molecule has 0 saturated carbocycles. The number of amides is 2.